The first-order valence-corrected chi connectivity index (χ1v) is 9.75. The molecule has 0 saturated carbocycles. The number of amides is 1. The summed E-state index contributed by atoms with van der Waals surface area (Å²) in [6.45, 7) is 4.65. The quantitative estimate of drug-likeness (QED) is 0.677. The Morgan fingerprint density at radius 1 is 1.43 bits per heavy atom. The molecule has 118 valence electrons. The average molecular weight is 417 g/mol. The van der Waals surface area contributed by atoms with Gasteiger partial charge in [-0.1, -0.05) is 31.9 Å². The Hall–Kier alpha value is -0.300. The molecule has 0 spiro atoms. The van der Waals surface area contributed by atoms with E-state index < -0.39 is 9.05 Å². The van der Waals surface area contributed by atoms with E-state index in [4.69, 9.17) is 22.3 Å². The number of carbonyl (C=O) groups excluding carboxylic acids is 1. The number of benzene rings is 1. The fourth-order valence-electron chi connectivity index (χ4n) is 1.76. The van der Waals surface area contributed by atoms with E-state index in [0.29, 0.717) is 12.5 Å². The highest BCUT2D eigenvalue weighted by molar-refractivity contribution is 9.10. The Morgan fingerprint density at radius 2 is 2.00 bits per heavy atom. The Balaban J connectivity index is 3.20. The van der Waals surface area contributed by atoms with Gasteiger partial charge in [-0.3, -0.25) is 4.79 Å². The summed E-state index contributed by atoms with van der Waals surface area (Å²) in [7, 11) is 3.03. The molecule has 0 aliphatic rings. The van der Waals surface area contributed by atoms with Crippen LogP contribution in [-0.2, 0) is 9.05 Å². The molecule has 0 fully saturated rings. The number of nitrogens with zero attached hydrogens (tertiary/aromatic N) is 1. The molecule has 1 aromatic rings. The predicted octanol–water partition coefficient (Wildman–Crippen LogP) is 4.15. The third-order valence-corrected chi connectivity index (χ3v) is 6.12. The Bertz CT molecular complexity index is 649. The molecule has 0 heterocycles. The van der Waals surface area contributed by atoms with Gasteiger partial charge in [0.05, 0.1) is 14.4 Å². The third-order valence-electron chi connectivity index (χ3n) is 3.13. The molecule has 0 aliphatic carbocycles. The average Bonchev–Trinajstić information content (AvgIpc) is 2.39. The van der Waals surface area contributed by atoms with Crippen molar-refractivity contribution < 1.29 is 13.2 Å². The molecule has 1 rings (SSSR count). The molecule has 4 nitrogen and oxygen atoms in total. The number of carbonyl (C=O) groups is 1. The Labute approximate surface area is 143 Å². The number of halogens is 3. The summed E-state index contributed by atoms with van der Waals surface area (Å²) in [6, 6.07) is 2.65. The predicted molar refractivity (Wildman–Crippen MR) is 88.6 cm³/mol. The van der Waals surface area contributed by atoms with Crippen LogP contribution in [0.4, 0.5) is 0 Å². The lowest BCUT2D eigenvalue weighted by Crippen LogP contribution is -2.31. The van der Waals surface area contributed by atoms with Gasteiger partial charge in [0.15, 0.2) is 0 Å². The van der Waals surface area contributed by atoms with Crippen molar-refractivity contribution in [2.75, 3.05) is 13.6 Å². The van der Waals surface area contributed by atoms with Gasteiger partial charge in [0.1, 0.15) is 0 Å². The van der Waals surface area contributed by atoms with Gasteiger partial charge < -0.3 is 4.90 Å². The van der Waals surface area contributed by atoms with E-state index in [2.05, 4.69) is 15.9 Å². The molecular formula is C13H16BrCl2NO3S. The minimum Gasteiger partial charge on any atom is -0.341 e. The van der Waals surface area contributed by atoms with Crippen molar-refractivity contribution in [3.8, 4) is 0 Å². The van der Waals surface area contributed by atoms with Gasteiger partial charge in [-0.05, 0) is 34.0 Å². The van der Waals surface area contributed by atoms with Crippen LogP contribution in [0.5, 0.6) is 0 Å². The molecule has 0 N–H and O–H groups in total. The second-order valence-corrected chi connectivity index (χ2v) is 8.64. The maximum Gasteiger partial charge on any atom is 0.262 e. The van der Waals surface area contributed by atoms with Crippen LogP contribution in [0, 0.1) is 5.92 Å². The van der Waals surface area contributed by atoms with Gasteiger partial charge in [0.2, 0.25) is 0 Å². The number of rotatable bonds is 5. The summed E-state index contributed by atoms with van der Waals surface area (Å²) in [6.07, 6.45) is 0.944. The van der Waals surface area contributed by atoms with Crippen molar-refractivity contribution in [2.45, 2.75) is 25.2 Å². The zero-order valence-corrected chi connectivity index (χ0v) is 15.8. The van der Waals surface area contributed by atoms with Gasteiger partial charge in [0.25, 0.3) is 15.0 Å². The fraction of sp³-hybridized carbons (Fsp3) is 0.462. The molecule has 1 atom stereocenters. The van der Waals surface area contributed by atoms with Crippen molar-refractivity contribution in [3.63, 3.8) is 0 Å². The first-order chi connectivity index (χ1) is 9.57. The standard InChI is InChI=1S/C13H16BrCl2NO3S/c1-4-8(2)7-17(3)13(18)9-5-10(15)12(14)11(6-9)21(16,19)20/h5-6,8H,4,7H2,1-3H3. The van der Waals surface area contributed by atoms with Crippen molar-refractivity contribution in [2.24, 2.45) is 5.92 Å². The van der Waals surface area contributed by atoms with E-state index >= 15 is 0 Å². The second-order valence-electron chi connectivity index (χ2n) is 4.91. The highest BCUT2D eigenvalue weighted by Gasteiger charge is 2.22. The third kappa shape index (κ3) is 4.84. The van der Waals surface area contributed by atoms with Crippen molar-refractivity contribution >= 4 is 53.2 Å². The molecule has 8 heteroatoms. The largest absolute Gasteiger partial charge is 0.341 e. The summed E-state index contributed by atoms with van der Waals surface area (Å²) in [4.78, 5) is 13.7. The summed E-state index contributed by atoms with van der Waals surface area (Å²) < 4.78 is 23.2. The summed E-state index contributed by atoms with van der Waals surface area (Å²) in [5, 5.41) is 0.122. The minimum absolute atomic E-state index is 0.122. The topological polar surface area (TPSA) is 54.5 Å². The fourth-order valence-corrected chi connectivity index (χ4v) is 4.14. The molecule has 0 aliphatic heterocycles. The first-order valence-electron chi connectivity index (χ1n) is 6.27. The van der Waals surface area contributed by atoms with Crippen LogP contribution in [0.1, 0.15) is 30.6 Å². The van der Waals surface area contributed by atoms with E-state index in [-0.39, 0.29) is 25.9 Å². The summed E-state index contributed by atoms with van der Waals surface area (Å²) in [5.41, 5.74) is 0.188. The first kappa shape index (κ1) is 18.7. The van der Waals surface area contributed by atoms with Crippen LogP contribution in [0.15, 0.2) is 21.5 Å². The molecule has 1 aromatic carbocycles. The van der Waals surface area contributed by atoms with Crippen molar-refractivity contribution in [1.29, 1.82) is 0 Å². The molecule has 0 bridgehead atoms. The van der Waals surface area contributed by atoms with E-state index in [1.807, 2.05) is 13.8 Å². The van der Waals surface area contributed by atoms with Gasteiger partial charge in [0, 0.05) is 29.8 Å². The smallest absolute Gasteiger partial charge is 0.262 e. The van der Waals surface area contributed by atoms with E-state index in [1.54, 1.807) is 11.9 Å². The van der Waals surface area contributed by atoms with Crippen LogP contribution in [0.3, 0.4) is 0 Å². The number of hydrogen-bond donors (Lipinski definition) is 0. The van der Waals surface area contributed by atoms with Crippen molar-refractivity contribution in [3.05, 3.63) is 27.2 Å². The van der Waals surface area contributed by atoms with Gasteiger partial charge in [-0.15, -0.1) is 0 Å². The Morgan fingerprint density at radius 3 is 2.48 bits per heavy atom. The summed E-state index contributed by atoms with van der Waals surface area (Å²) in [5.74, 6) is 0.0485. The maximum atomic E-state index is 12.4. The molecule has 0 radical (unpaired) electrons. The van der Waals surface area contributed by atoms with Gasteiger partial charge >= 0.3 is 0 Å². The summed E-state index contributed by atoms with van der Waals surface area (Å²) >= 11 is 9.03. The van der Waals surface area contributed by atoms with E-state index in [0.717, 1.165) is 6.42 Å². The van der Waals surface area contributed by atoms with Crippen LogP contribution in [0.25, 0.3) is 0 Å². The molecule has 1 amide bonds. The van der Waals surface area contributed by atoms with Gasteiger partial charge in [-0.25, -0.2) is 8.42 Å². The highest BCUT2D eigenvalue weighted by Crippen LogP contribution is 2.33. The SMILES string of the molecule is CCC(C)CN(C)C(=O)c1cc(Cl)c(Br)c(S(=O)(=O)Cl)c1. The highest BCUT2D eigenvalue weighted by atomic mass is 79.9. The lowest BCUT2D eigenvalue weighted by Gasteiger charge is -2.21. The van der Waals surface area contributed by atoms with Gasteiger partial charge in [-0.2, -0.15) is 0 Å². The molecular weight excluding hydrogens is 401 g/mol. The molecule has 0 aromatic heterocycles. The monoisotopic (exact) mass is 415 g/mol. The number of hydrogen-bond acceptors (Lipinski definition) is 3. The Kier molecular flexibility index (Phi) is 6.53. The maximum absolute atomic E-state index is 12.4. The van der Waals surface area contributed by atoms with Crippen LogP contribution >= 0.6 is 38.2 Å². The van der Waals surface area contributed by atoms with Crippen LogP contribution in [0.2, 0.25) is 5.02 Å². The normalized spacial score (nSPS) is 13.0. The van der Waals surface area contributed by atoms with E-state index in [9.17, 15) is 13.2 Å². The molecule has 1 unspecified atom stereocenters. The minimum atomic E-state index is -4.00. The van der Waals surface area contributed by atoms with Crippen LogP contribution < -0.4 is 0 Å². The lowest BCUT2D eigenvalue weighted by atomic mass is 10.1. The lowest BCUT2D eigenvalue weighted by molar-refractivity contribution is 0.0774. The van der Waals surface area contributed by atoms with E-state index in [1.165, 1.54) is 12.1 Å². The van der Waals surface area contributed by atoms with Crippen molar-refractivity contribution in [1.82, 2.24) is 4.90 Å². The zero-order chi connectivity index (χ0) is 16.4. The zero-order valence-electron chi connectivity index (χ0n) is 11.9. The molecule has 0 saturated heterocycles. The molecule has 21 heavy (non-hydrogen) atoms. The van der Waals surface area contributed by atoms with Crippen LogP contribution in [-0.4, -0.2) is 32.8 Å². The second kappa shape index (κ2) is 7.31.